The number of hydrogen-bond donors (Lipinski definition) is 0. The predicted molar refractivity (Wildman–Crippen MR) is 174 cm³/mol. The number of aliphatic imine (C=N–C) groups is 1. The van der Waals surface area contributed by atoms with E-state index in [1.807, 2.05) is 30.6 Å². The van der Waals surface area contributed by atoms with Crippen LogP contribution < -0.4 is 0 Å². The van der Waals surface area contributed by atoms with E-state index in [-0.39, 0.29) is 12.0 Å². The molecule has 3 heterocycles. The van der Waals surface area contributed by atoms with Gasteiger partial charge in [0.25, 0.3) is 0 Å². The summed E-state index contributed by atoms with van der Waals surface area (Å²) in [7, 11) is 0. The van der Waals surface area contributed by atoms with Gasteiger partial charge in [0.05, 0.1) is 17.4 Å². The van der Waals surface area contributed by atoms with E-state index in [1.165, 1.54) is 16.7 Å². The van der Waals surface area contributed by atoms with E-state index < -0.39 is 0 Å². The summed E-state index contributed by atoms with van der Waals surface area (Å²) < 4.78 is 0. The molecule has 0 spiro atoms. The number of hydrogen-bond acceptors (Lipinski definition) is 3. The second-order valence-electron chi connectivity index (χ2n) is 10.8. The van der Waals surface area contributed by atoms with Gasteiger partial charge >= 0.3 is 0 Å². The zero-order valence-corrected chi connectivity index (χ0v) is 23.3. The Kier molecular flexibility index (Phi) is 7.22. The number of allylic oxidation sites excluding steroid dienone is 5. The Morgan fingerprint density at radius 2 is 1.33 bits per heavy atom. The molecule has 3 heteroatoms. The summed E-state index contributed by atoms with van der Waals surface area (Å²) in [4.78, 5) is 14.9. The van der Waals surface area contributed by atoms with Crippen molar-refractivity contribution in [3.05, 3.63) is 163 Å². The Morgan fingerprint density at radius 1 is 0.595 bits per heavy atom. The third kappa shape index (κ3) is 5.55. The molecular formula is C39H31N3. The molecule has 202 valence electrons. The fourth-order valence-corrected chi connectivity index (χ4v) is 5.79. The van der Waals surface area contributed by atoms with Crippen molar-refractivity contribution in [3.8, 4) is 33.6 Å². The lowest BCUT2D eigenvalue weighted by atomic mass is 9.85. The van der Waals surface area contributed by atoms with Crippen molar-refractivity contribution in [2.24, 2.45) is 10.9 Å². The quantitative estimate of drug-likeness (QED) is 0.215. The van der Waals surface area contributed by atoms with Gasteiger partial charge in [-0.05, 0) is 77.6 Å². The molecule has 2 aromatic heterocycles. The maximum atomic E-state index is 5.28. The fourth-order valence-electron chi connectivity index (χ4n) is 5.79. The maximum absolute atomic E-state index is 5.28. The van der Waals surface area contributed by atoms with Crippen molar-refractivity contribution in [2.75, 3.05) is 0 Å². The number of nitrogens with zero attached hydrogens (tertiary/aromatic N) is 3. The molecule has 0 saturated carbocycles. The van der Waals surface area contributed by atoms with Crippen LogP contribution in [-0.4, -0.2) is 15.7 Å². The summed E-state index contributed by atoms with van der Waals surface area (Å²) in [5, 5.41) is 0. The Morgan fingerprint density at radius 3 is 2.02 bits per heavy atom. The highest BCUT2D eigenvalue weighted by atomic mass is 14.8. The van der Waals surface area contributed by atoms with Gasteiger partial charge < -0.3 is 0 Å². The standard InChI is InChI=1S/C39H31N3/c1-4-12-28(13-5-1)31-19-20-37(41-27-31)35-23-32(22-34(24-35)36-18-10-11-21-40-36)33-25-38(29-14-6-2-7-15-29)42-39(26-33)30-16-8-3-9-17-30/h1-16,18-24,26-27,30,38H,17,25H2. The molecule has 0 amide bonds. The highest BCUT2D eigenvalue weighted by molar-refractivity contribution is 6.05. The molecule has 2 atom stereocenters. The predicted octanol–water partition coefficient (Wildman–Crippen LogP) is 9.58. The number of benzene rings is 3. The summed E-state index contributed by atoms with van der Waals surface area (Å²) >= 11 is 0. The summed E-state index contributed by atoms with van der Waals surface area (Å²) in [6.45, 7) is 0. The summed E-state index contributed by atoms with van der Waals surface area (Å²) in [6.07, 6.45) is 16.7. The van der Waals surface area contributed by atoms with Crippen LogP contribution in [0, 0.1) is 5.92 Å². The zero-order valence-electron chi connectivity index (χ0n) is 23.3. The molecule has 3 nitrogen and oxygen atoms in total. The molecule has 2 aliphatic rings. The van der Waals surface area contributed by atoms with E-state index in [9.17, 15) is 0 Å². The van der Waals surface area contributed by atoms with Crippen molar-refractivity contribution in [1.29, 1.82) is 0 Å². The summed E-state index contributed by atoms with van der Waals surface area (Å²) in [6, 6.07) is 38.3. The van der Waals surface area contributed by atoms with Gasteiger partial charge in [-0.3, -0.25) is 15.0 Å². The fraction of sp³-hybridized carbons (Fsp3) is 0.103. The lowest BCUT2D eigenvalue weighted by molar-refractivity contribution is 0.727. The van der Waals surface area contributed by atoms with Crippen molar-refractivity contribution in [3.63, 3.8) is 0 Å². The van der Waals surface area contributed by atoms with Gasteiger partial charge in [0.15, 0.2) is 0 Å². The van der Waals surface area contributed by atoms with Gasteiger partial charge in [0.1, 0.15) is 0 Å². The van der Waals surface area contributed by atoms with E-state index >= 15 is 0 Å². The second kappa shape index (κ2) is 11.8. The summed E-state index contributed by atoms with van der Waals surface area (Å²) in [5.74, 6) is 0.280. The molecule has 0 saturated heterocycles. The number of pyridine rings is 2. The highest BCUT2D eigenvalue weighted by Crippen LogP contribution is 2.38. The van der Waals surface area contributed by atoms with Crippen LogP contribution in [0.4, 0.5) is 0 Å². The molecule has 0 N–H and O–H groups in total. The van der Waals surface area contributed by atoms with Crippen LogP contribution in [0.5, 0.6) is 0 Å². The van der Waals surface area contributed by atoms with Crippen LogP contribution in [0.25, 0.3) is 39.2 Å². The van der Waals surface area contributed by atoms with Crippen LogP contribution >= 0.6 is 0 Å². The Bertz CT molecular complexity index is 1800. The van der Waals surface area contributed by atoms with Crippen LogP contribution in [0.1, 0.15) is 30.0 Å². The van der Waals surface area contributed by atoms with Crippen molar-refractivity contribution < 1.29 is 0 Å². The minimum Gasteiger partial charge on any atom is -0.281 e. The molecule has 0 radical (unpaired) electrons. The topological polar surface area (TPSA) is 38.1 Å². The van der Waals surface area contributed by atoms with E-state index in [0.29, 0.717) is 0 Å². The molecular weight excluding hydrogens is 510 g/mol. The van der Waals surface area contributed by atoms with Crippen molar-refractivity contribution >= 4 is 11.3 Å². The first kappa shape index (κ1) is 25.8. The monoisotopic (exact) mass is 541 g/mol. The van der Waals surface area contributed by atoms with Crippen LogP contribution in [-0.2, 0) is 0 Å². The van der Waals surface area contributed by atoms with Crippen LogP contribution in [0.15, 0.2) is 157 Å². The first-order chi connectivity index (χ1) is 20.8. The van der Waals surface area contributed by atoms with Gasteiger partial charge in [-0.25, -0.2) is 0 Å². The molecule has 0 fully saturated rings. The van der Waals surface area contributed by atoms with Crippen molar-refractivity contribution in [1.82, 2.24) is 9.97 Å². The van der Waals surface area contributed by atoms with Gasteiger partial charge in [0, 0.05) is 40.7 Å². The van der Waals surface area contributed by atoms with E-state index in [4.69, 9.17) is 15.0 Å². The van der Waals surface area contributed by atoms with E-state index in [2.05, 4.69) is 121 Å². The Labute approximate surface area is 247 Å². The zero-order chi connectivity index (χ0) is 28.1. The highest BCUT2D eigenvalue weighted by Gasteiger charge is 2.24. The molecule has 1 aliphatic carbocycles. The molecule has 5 aromatic rings. The lowest BCUT2D eigenvalue weighted by Gasteiger charge is -2.26. The van der Waals surface area contributed by atoms with Crippen molar-refractivity contribution in [2.45, 2.75) is 18.9 Å². The molecule has 1 aliphatic heterocycles. The largest absolute Gasteiger partial charge is 0.281 e. The minimum atomic E-state index is 0.0748. The third-order valence-corrected chi connectivity index (χ3v) is 8.02. The number of rotatable bonds is 6. The van der Waals surface area contributed by atoms with Gasteiger partial charge in [-0.1, -0.05) is 97.1 Å². The van der Waals surface area contributed by atoms with Gasteiger partial charge in [0.2, 0.25) is 0 Å². The first-order valence-corrected chi connectivity index (χ1v) is 14.6. The average Bonchev–Trinajstić information content (AvgIpc) is 3.09. The number of dihydropyridines is 1. The average molecular weight is 542 g/mol. The summed E-state index contributed by atoms with van der Waals surface area (Å²) in [5.41, 5.74) is 11.2. The van der Waals surface area contributed by atoms with Gasteiger partial charge in [-0.2, -0.15) is 0 Å². The molecule has 2 unspecified atom stereocenters. The smallest absolute Gasteiger partial charge is 0.0793 e. The third-order valence-electron chi connectivity index (χ3n) is 8.02. The maximum Gasteiger partial charge on any atom is 0.0793 e. The molecule has 0 bridgehead atoms. The SMILES string of the molecule is C1=CCC(C2=NC(c3ccccc3)CC(c3cc(-c4ccccn4)cc(-c4ccc(-c5ccccc5)cn4)c3)=C2)C=C1. The lowest BCUT2D eigenvalue weighted by Crippen LogP contribution is -2.17. The van der Waals surface area contributed by atoms with Crippen LogP contribution in [0.2, 0.25) is 0 Å². The molecule has 3 aromatic carbocycles. The minimum absolute atomic E-state index is 0.0748. The Hall–Kier alpha value is -5.15. The number of aromatic nitrogens is 2. The van der Waals surface area contributed by atoms with E-state index in [0.717, 1.165) is 52.2 Å². The normalized spacial score (nSPS) is 17.9. The molecule has 7 rings (SSSR count). The first-order valence-electron chi connectivity index (χ1n) is 14.6. The van der Waals surface area contributed by atoms with E-state index in [1.54, 1.807) is 0 Å². The second-order valence-corrected chi connectivity index (χ2v) is 10.8. The molecule has 42 heavy (non-hydrogen) atoms. The Balaban J connectivity index is 1.32. The van der Waals surface area contributed by atoms with Crippen LogP contribution in [0.3, 0.4) is 0 Å². The van der Waals surface area contributed by atoms with Gasteiger partial charge in [-0.15, -0.1) is 0 Å².